The summed E-state index contributed by atoms with van der Waals surface area (Å²) in [6, 6.07) is 42.0. The van der Waals surface area contributed by atoms with Crippen molar-refractivity contribution in [2.45, 2.75) is 0 Å². The van der Waals surface area contributed by atoms with Crippen LogP contribution in [0.3, 0.4) is 0 Å². The predicted molar refractivity (Wildman–Crippen MR) is 142 cm³/mol. The minimum absolute atomic E-state index is 0.616. The molecule has 0 spiro atoms. The van der Waals surface area contributed by atoms with Crippen LogP contribution in [0, 0.1) is 22.7 Å². The van der Waals surface area contributed by atoms with Crippen molar-refractivity contribution in [2.24, 2.45) is 0 Å². The molecule has 5 aromatic carbocycles. The molecule has 0 fully saturated rings. The van der Waals surface area contributed by atoms with Crippen LogP contribution in [-0.4, -0.2) is 0 Å². The monoisotopic (exact) mass is 461 g/mol. The highest BCUT2D eigenvalue weighted by Crippen LogP contribution is 2.54. The van der Waals surface area contributed by atoms with Gasteiger partial charge in [-0.2, -0.15) is 10.5 Å². The zero-order valence-corrected chi connectivity index (χ0v) is 19.2. The number of nitriles is 2. The summed E-state index contributed by atoms with van der Waals surface area (Å²) in [6.45, 7) is 0. The first-order valence-corrected chi connectivity index (χ1v) is 11.6. The van der Waals surface area contributed by atoms with E-state index in [1.54, 1.807) is 0 Å². The molecule has 0 radical (unpaired) electrons. The van der Waals surface area contributed by atoms with E-state index in [1.165, 1.54) is 0 Å². The Bertz CT molecular complexity index is 1550. The van der Waals surface area contributed by atoms with Crippen LogP contribution in [0.4, 0.5) is 17.1 Å². The average Bonchev–Trinajstić information content (AvgIpc) is 2.95. The fraction of sp³-hybridized carbons (Fsp3) is 0. The van der Waals surface area contributed by atoms with Gasteiger partial charge in [0.15, 0.2) is 11.5 Å². The summed E-state index contributed by atoms with van der Waals surface area (Å²) in [7, 11) is 0. The third kappa shape index (κ3) is 3.55. The molecule has 0 saturated carbocycles. The lowest BCUT2D eigenvalue weighted by Gasteiger charge is -2.35. The van der Waals surface area contributed by atoms with E-state index < -0.39 is 0 Å². The van der Waals surface area contributed by atoms with Gasteiger partial charge in [-0.05, 0) is 59.7 Å². The van der Waals surface area contributed by atoms with E-state index in [1.807, 2.05) is 91.0 Å². The van der Waals surface area contributed by atoms with E-state index in [2.05, 4.69) is 41.3 Å². The van der Waals surface area contributed by atoms with Gasteiger partial charge in [0, 0.05) is 11.1 Å². The lowest BCUT2D eigenvalue weighted by atomic mass is 9.93. The molecular formula is C32H19N3O. The smallest absolute Gasteiger partial charge is 0.151 e. The van der Waals surface area contributed by atoms with Crippen molar-refractivity contribution in [3.8, 4) is 45.9 Å². The summed E-state index contributed by atoms with van der Waals surface area (Å²) in [5.74, 6) is 1.55. The second-order valence-electron chi connectivity index (χ2n) is 8.45. The standard InChI is InChI=1S/C32H19N3O/c33-20-22-12-16-24(17-13-22)26-6-5-7-27(25-18-14-23(21-34)15-19-25)32(26)35-28-8-1-3-10-30(28)36-31-11-4-2-9-29(31)35/h1-19H. The van der Waals surface area contributed by atoms with Gasteiger partial charge in [-0.3, -0.25) is 0 Å². The molecule has 1 heterocycles. The molecule has 0 N–H and O–H groups in total. The third-order valence-electron chi connectivity index (χ3n) is 6.34. The Kier molecular flexibility index (Phi) is 5.19. The second kappa shape index (κ2) is 8.80. The van der Waals surface area contributed by atoms with Gasteiger partial charge in [0.25, 0.3) is 0 Å². The van der Waals surface area contributed by atoms with E-state index in [9.17, 15) is 10.5 Å². The van der Waals surface area contributed by atoms with Crippen LogP contribution in [0.25, 0.3) is 22.3 Å². The summed E-state index contributed by atoms with van der Waals surface area (Å²) in [6.07, 6.45) is 0. The minimum Gasteiger partial charge on any atom is -0.453 e. The second-order valence-corrected chi connectivity index (χ2v) is 8.45. The molecule has 168 valence electrons. The third-order valence-corrected chi connectivity index (χ3v) is 6.34. The molecule has 5 aromatic rings. The SMILES string of the molecule is N#Cc1ccc(-c2cccc(-c3ccc(C#N)cc3)c2N2c3ccccc3Oc3ccccc32)cc1. The van der Waals surface area contributed by atoms with Crippen molar-refractivity contribution >= 4 is 17.1 Å². The molecule has 4 heteroatoms. The Balaban J connectivity index is 1.67. The number of para-hydroxylation sites is 5. The van der Waals surface area contributed by atoms with Gasteiger partial charge < -0.3 is 9.64 Å². The van der Waals surface area contributed by atoms with E-state index in [0.717, 1.165) is 50.8 Å². The largest absolute Gasteiger partial charge is 0.453 e. The molecule has 1 aliphatic heterocycles. The maximum Gasteiger partial charge on any atom is 0.151 e. The van der Waals surface area contributed by atoms with Crippen molar-refractivity contribution in [1.29, 1.82) is 10.5 Å². The van der Waals surface area contributed by atoms with Gasteiger partial charge in [-0.15, -0.1) is 0 Å². The molecule has 6 rings (SSSR count). The van der Waals surface area contributed by atoms with Gasteiger partial charge in [-0.25, -0.2) is 0 Å². The van der Waals surface area contributed by atoms with Gasteiger partial charge in [-0.1, -0.05) is 66.7 Å². The highest BCUT2D eigenvalue weighted by Gasteiger charge is 2.29. The first-order chi connectivity index (χ1) is 17.8. The quantitative estimate of drug-likeness (QED) is 0.266. The van der Waals surface area contributed by atoms with Crippen molar-refractivity contribution in [2.75, 3.05) is 4.90 Å². The van der Waals surface area contributed by atoms with E-state index in [-0.39, 0.29) is 0 Å². The first kappa shape index (κ1) is 21.2. The van der Waals surface area contributed by atoms with Crippen LogP contribution < -0.4 is 9.64 Å². The Morgan fingerprint density at radius 2 is 0.944 bits per heavy atom. The summed E-state index contributed by atoms with van der Waals surface area (Å²) in [4.78, 5) is 2.25. The molecule has 0 aromatic heterocycles. The van der Waals surface area contributed by atoms with Crippen molar-refractivity contribution < 1.29 is 4.74 Å². The number of nitrogens with zero attached hydrogens (tertiary/aromatic N) is 3. The van der Waals surface area contributed by atoms with Gasteiger partial charge in [0.2, 0.25) is 0 Å². The molecule has 1 aliphatic rings. The number of anilines is 3. The van der Waals surface area contributed by atoms with E-state index in [0.29, 0.717) is 11.1 Å². The molecule has 0 amide bonds. The fourth-order valence-corrected chi connectivity index (χ4v) is 4.64. The summed E-state index contributed by atoms with van der Waals surface area (Å²) >= 11 is 0. The van der Waals surface area contributed by atoms with Crippen LogP contribution in [0.2, 0.25) is 0 Å². The van der Waals surface area contributed by atoms with Crippen molar-refractivity contribution in [1.82, 2.24) is 0 Å². The number of hydrogen-bond acceptors (Lipinski definition) is 4. The summed E-state index contributed by atoms with van der Waals surface area (Å²) in [5, 5.41) is 18.6. The van der Waals surface area contributed by atoms with Crippen molar-refractivity contribution in [3.05, 3.63) is 126 Å². The van der Waals surface area contributed by atoms with Gasteiger partial charge in [0.05, 0.1) is 40.3 Å². The molecule has 0 unspecified atom stereocenters. The Morgan fingerprint density at radius 1 is 0.500 bits per heavy atom. The van der Waals surface area contributed by atoms with Crippen LogP contribution >= 0.6 is 0 Å². The minimum atomic E-state index is 0.616. The van der Waals surface area contributed by atoms with Crippen LogP contribution in [0.5, 0.6) is 11.5 Å². The maximum atomic E-state index is 9.32. The number of rotatable bonds is 3. The summed E-state index contributed by atoms with van der Waals surface area (Å²) < 4.78 is 6.27. The number of benzene rings is 5. The number of ether oxygens (including phenoxy) is 1. The fourth-order valence-electron chi connectivity index (χ4n) is 4.64. The van der Waals surface area contributed by atoms with E-state index in [4.69, 9.17) is 4.74 Å². The van der Waals surface area contributed by atoms with E-state index >= 15 is 0 Å². The topological polar surface area (TPSA) is 60.0 Å². The van der Waals surface area contributed by atoms with Crippen molar-refractivity contribution in [3.63, 3.8) is 0 Å². The zero-order chi connectivity index (χ0) is 24.5. The van der Waals surface area contributed by atoms with Crippen LogP contribution in [0.1, 0.15) is 11.1 Å². The first-order valence-electron chi connectivity index (χ1n) is 11.6. The highest BCUT2D eigenvalue weighted by atomic mass is 16.5. The average molecular weight is 462 g/mol. The van der Waals surface area contributed by atoms with Gasteiger partial charge in [0.1, 0.15) is 0 Å². The lowest BCUT2D eigenvalue weighted by molar-refractivity contribution is 0.477. The molecule has 4 nitrogen and oxygen atoms in total. The lowest BCUT2D eigenvalue weighted by Crippen LogP contribution is -2.17. The Morgan fingerprint density at radius 3 is 1.39 bits per heavy atom. The summed E-state index contributed by atoms with van der Waals surface area (Å²) in [5.41, 5.74) is 8.15. The molecular weight excluding hydrogens is 442 g/mol. The molecule has 0 atom stereocenters. The Hall–Kier alpha value is -5.32. The van der Waals surface area contributed by atoms with Crippen LogP contribution in [-0.2, 0) is 0 Å². The van der Waals surface area contributed by atoms with Gasteiger partial charge >= 0.3 is 0 Å². The molecule has 0 aliphatic carbocycles. The maximum absolute atomic E-state index is 9.32. The molecule has 0 saturated heterocycles. The molecule has 0 bridgehead atoms. The predicted octanol–water partition coefficient (Wildman–Crippen LogP) is 8.34. The Labute approximate surface area is 209 Å². The molecule has 36 heavy (non-hydrogen) atoms. The number of fused-ring (bicyclic) bond motifs is 2. The normalized spacial score (nSPS) is 11.4. The number of hydrogen-bond donors (Lipinski definition) is 0. The highest BCUT2D eigenvalue weighted by molar-refractivity contribution is 6.00. The zero-order valence-electron chi connectivity index (χ0n) is 19.2. The van der Waals surface area contributed by atoms with Crippen LogP contribution in [0.15, 0.2) is 115 Å².